The van der Waals surface area contributed by atoms with Crippen LogP contribution < -0.4 is 5.73 Å². The molecule has 4 nitrogen and oxygen atoms in total. The van der Waals surface area contributed by atoms with Crippen LogP contribution in [-0.4, -0.2) is 10.1 Å². The van der Waals surface area contributed by atoms with Crippen LogP contribution in [0.5, 0.6) is 0 Å². The van der Waals surface area contributed by atoms with Gasteiger partial charge < -0.3 is 10.3 Å². The first-order valence-electron chi connectivity index (χ1n) is 5.88. The summed E-state index contributed by atoms with van der Waals surface area (Å²) < 4.78 is 5.33. The fourth-order valence-corrected chi connectivity index (χ4v) is 2.71. The monoisotopic (exact) mass is 271 g/mol. The Morgan fingerprint density at radius 2 is 2.00 bits per heavy atom. The molecule has 2 aromatic heterocycles. The van der Waals surface area contributed by atoms with Crippen molar-refractivity contribution in [3.05, 3.63) is 40.1 Å². The van der Waals surface area contributed by atoms with E-state index in [0.29, 0.717) is 17.4 Å². The number of aromatic nitrogens is 2. The van der Waals surface area contributed by atoms with Crippen molar-refractivity contribution in [3.63, 3.8) is 0 Å². The van der Waals surface area contributed by atoms with Gasteiger partial charge >= 0.3 is 0 Å². The summed E-state index contributed by atoms with van der Waals surface area (Å²) in [4.78, 5) is 4.43. The van der Waals surface area contributed by atoms with Crippen molar-refractivity contribution in [2.24, 2.45) is 0 Å². The summed E-state index contributed by atoms with van der Waals surface area (Å²) in [6.45, 7) is 4.03. The highest BCUT2D eigenvalue weighted by atomic mass is 32.1. The zero-order valence-electron chi connectivity index (χ0n) is 10.7. The van der Waals surface area contributed by atoms with Crippen molar-refractivity contribution in [1.82, 2.24) is 10.1 Å². The molecule has 0 aliphatic heterocycles. The average Bonchev–Trinajstić information content (AvgIpc) is 3.00. The Bertz CT molecular complexity index is 730. The number of anilines is 1. The van der Waals surface area contributed by atoms with Gasteiger partial charge in [0.2, 0.25) is 5.82 Å². The summed E-state index contributed by atoms with van der Waals surface area (Å²) in [5.74, 6) is 1.07. The highest BCUT2D eigenvalue weighted by molar-refractivity contribution is 7.08. The number of hydrogen-bond acceptors (Lipinski definition) is 5. The van der Waals surface area contributed by atoms with Gasteiger partial charge in [-0.2, -0.15) is 16.3 Å². The quantitative estimate of drug-likeness (QED) is 0.722. The second-order valence-electron chi connectivity index (χ2n) is 4.48. The summed E-state index contributed by atoms with van der Waals surface area (Å²) in [5.41, 5.74) is 10.6. The van der Waals surface area contributed by atoms with Gasteiger partial charge in [0.1, 0.15) is 0 Å². The van der Waals surface area contributed by atoms with E-state index in [1.54, 1.807) is 11.3 Å². The van der Waals surface area contributed by atoms with Gasteiger partial charge in [-0.25, -0.2) is 0 Å². The van der Waals surface area contributed by atoms with E-state index in [-0.39, 0.29) is 0 Å². The van der Waals surface area contributed by atoms with Crippen molar-refractivity contribution in [1.29, 1.82) is 0 Å². The van der Waals surface area contributed by atoms with Gasteiger partial charge in [0.05, 0.1) is 5.56 Å². The molecule has 0 unspecified atom stereocenters. The van der Waals surface area contributed by atoms with Crippen LogP contribution in [0.25, 0.3) is 22.8 Å². The minimum absolute atomic E-state index is 0.460. The molecule has 0 spiro atoms. The lowest BCUT2D eigenvalue weighted by molar-refractivity contribution is 0.432. The lowest BCUT2D eigenvalue weighted by Crippen LogP contribution is -1.91. The molecular weight excluding hydrogens is 258 g/mol. The summed E-state index contributed by atoms with van der Waals surface area (Å²) in [6, 6.07) is 5.76. The number of nitrogen functional groups attached to an aromatic ring is 1. The fraction of sp³-hybridized carbons (Fsp3) is 0.143. The smallest absolute Gasteiger partial charge is 0.260 e. The van der Waals surface area contributed by atoms with Crippen molar-refractivity contribution in [2.75, 3.05) is 5.73 Å². The lowest BCUT2D eigenvalue weighted by atomic mass is 10.1. The molecule has 19 heavy (non-hydrogen) atoms. The van der Waals surface area contributed by atoms with Crippen LogP contribution in [0.3, 0.4) is 0 Å². The predicted octanol–water partition coefficient (Wildman–Crippen LogP) is 3.66. The molecule has 0 atom stereocenters. The Hall–Kier alpha value is -2.14. The van der Waals surface area contributed by atoms with Gasteiger partial charge in [0.15, 0.2) is 0 Å². The molecule has 2 N–H and O–H groups in total. The first-order chi connectivity index (χ1) is 9.15. The fourth-order valence-electron chi connectivity index (χ4n) is 1.89. The van der Waals surface area contributed by atoms with E-state index in [4.69, 9.17) is 10.3 Å². The number of nitrogens with zero attached hydrogens (tertiary/aromatic N) is 2. The van der Waals surface area contributed by atoms with Gasteiger partial charge in [0, 0.05) is 16.6 Å². The highest BCUT2D eigenvalue weighted by Gasteiger charge is 2.14. The molecule has 0 saturated heterocycles. The van der Waals surface area contributed by atoms with Crippen LogP contribution in [0.15, 0.2) is 33.5 Å². The Morgan fingerprint density at radius 3 is 2.74 bits per heavy atom. The van der Waals surface area contributed by atoms with E-state index < -0.39 is 0 Å². The van der Waals surface area contributed by atoms with Crippen LogP contribution >= 0.6 is 11.3 Å². The SMILES string of the molecule is Cc1ccc(N)c(-c2nc(-c3cscc3C)no2)c1. The molecular formula is C14H13N3OS. The van der Waals surface area contributed by atoms with E-state index in [0.717, 1.165) is 22.3 Å². The normalized spacial score (nSPS) is 10.8. The molecule has 3 rings (SSSR count). The van der Waals surface area contributed by atoms with Gasteiger partial charge in [0.25, 0.3) is 5.89 Å². The van der Waals surface area contributed by atoms with Crippen molar-refractivity contribution >= 4 is 17.0 Å². The first-order valence-corrected chi connectivity index (χ1v) is 6.83. The van der Waals surface area contributed by atoms with Crippen LogP contribution in [0.1, 0.15) is 11.1 Å². The number of rotatable bonds is 2. The molecule has 0 amide bonds. The molecule has 1 aromatic carbocycles. The van der Waals surface area contributed by atoms with E-state index in [9.17, 15) is 0 Å². The maximum absolute atomic E-state index is 5.95. The molecule has 0 bridgehead atoms. The summed E-state index contributed by atoms with van der Waals surface area (Å²) in [5, 5.41) is 8.11. The van der Waals surface area contributed by atoms with Crippen LogP contribution in [-0.2, 0) is 0 Å². The maximum atomic E-state index is 5.95. The third kappa shape index (κ3) is 2.13. The van der Waals surface area contributed by atoms with Crippen LogP contribution in [0, 0.1) is 13.8 Å². The summed E-state index contributed by atoms with van der Waals surface area (Å²) in [6.07, 6.45) is 0. The molecule has 0 fully saturated rings. The molecule has 0 aliphatic carbocycles. The standard InChI is InChI=1S/C14H13N3OS/c1-8-3-4-12(15)10(5-8)14-16-13(17-18-14)11-7-19-6-9(11)2/h3-7H,15H2,1-2H3. The third-order valence-corrected chi connectivity index (χ3v) is 3.82. The van der Waals surface area contributed by atoms with Gasteiger partial charge in [-0.1, -0.05) is 16.8 Å². The summed E-state index contributed by atoms with van der Waals surface area (Å²) in [7, 11) is 0. The van der Waals surface area contributed by atoms with E-state index >= 15 is 0 Å². The molecule has 96 valence electrons. The Labute approximate surface area is 114 Å². The predicted molar refractivity (Wildman–Crippen MR) is 76.9 cm³/mol. The topological polar surface area (TPSA) is 64.9 Å². The molecule has 2 heterocycles. The first kappa shape index (κ1) is 11.9. The maximum Gasteiger partial charge on any atom is 0.260 e. The number of thiophene rings is 1. The Balaban J connectivity index is 2.06. The molecule has 0 radical (unpaired) electrons. The second-order valence-corrected chi connectivity index (χ2v) is 5.23. The van der Waals surface area contributed by atoms with Crippen LogP contribution in [0.4, 0.5) is 5.69 Å². The Kier molecular flexibility index (Phi) is 2.83. The van der Waals surface area contributed by atoms with Crippen molar-refractivity contribution < 1.29 is 4.52 Å². The van der Waals surface area contributed by atoms with Crippen molar-refractivity contribution in [2.45, 2.75) is 13.8 Å². The highest BCUT2D eigenvalue weighted by Crippen LogP contribution is 2.29. The minimum atomic E-state index is 0.460. The third-order valence-electron chi connectivity index (χ3n) is 2.96. The number of benzene rings is 1. The lowest BCUT2D eigenvalue weighted by Gasteiger charge is -2.01. The number of nitrogens with two attached hydrogens (primary N) is 1. The average molecular weight is 271 g/mol. The second kappa shape index (κ2) is 4.51. The van der Waals surface area contributed by atoms with Gasteiger partial charge in [-0.15, -0.1) is 0 Å². The summed E-state index contributed by atoms with van der Waals surface area (Å²) >= 11 is 1.63. The largest absolute Gasteiger partial charge is 0.398 e. The zero-order valence-corrected chi connectivity index (χ0v) is 11.5. The number of hydrogen-bond donors (Lipinski definition) is 1. The van der Waals surface area contributed by atoms with Crippen molar-refractivity contribution in [3.8, 4) is 22.8 Å². The van der Waals surface area contributed by atoms with E-state index in [1.807, 2.05) is 37.4 Å². The Morgan fingerprint density at radius 1 is 1.16 bits per heavy atom. The molecule has 5 heteroatoms. The zero-order chi connectivity index (χ0) is 13.4. The van der Waals surface area contributed by atoms with Gasteiger partial charge in [-0.05, 0) is 36.9 Å². The molecule has 3 aromatic rings. The van der Waals surface area contributed by atoms with E-state index in [2.05, 4.69) is 15.5 Å². The van der Waals surface area contributed by atoms with Crippen LogP contribution in [0.2, 0.25) is 0 Å². The molecule has 0 aliphatic rings. The number of aryl methyl sites for hydroxylation is 2. The molecule has 0 saturated carbocycles. The van der Waals surface area contributed by atoms with E-state index in [1.165, 1.54) is 0 Å². The minimum Gasteiger partial charge on any atom is -0.398 e. The van der Waals surface area contributed by atoms with Gasteiger partial charge in [-0.3, -0.25) is 0 Å².